The molecule has 0 bridgehead atoms. The van der Waals surface area contributed by atoms with Crippen LogP contribution in [0.5, 0.6) is 0 Å². The van der Waals surface area contributed by atoms with E-state index >= 15 is 0 Å². The third-order valence-electron chi connectivity index (χ3n) is 3.70. The first kappa shape index (κ1) is 18.5. The van der Waals surface area contributed by atoms with Crippen molar-refractivity contribution >= 4 is 40.3 Å². The number of nitrogens with zero attached hydrogens (tertiary/aromatic N) is 3. The number of rotatable bonds is 6. The van der Waals surface area contributed by atoms with Gasteiger partial charge >= 0.3 is 0 Å². The minimum Gasteiger partial charge on any atom is -0.358 e. The number of H-pyrrole nitrogens is 1. The third-order valence-corrected chi connectivity index (χ3v) is 3.99. The molecule has 3 aromatic rings. The second kappa shape index (κ2) is 7.96. The SMILES string of the molecule is CNC(=O)CNc1n[nH]c2c(C(=O)NCc3ccc(F)c(Cl)c3)ncnc12. The van der Waals surface area contributed by atoms with E-state index in [2.05, 4.69) is 36.1 Å². The van der Waals surface area contributed by atoms with Crippen LogP contribution in [-0.4, -0.2) is 45.6 Å². The van der Waals surface area contributed by atoms with Gasteiger partial charge in [-0.2, -0.15) is 5.10 Å². The lowest BCUT2D eigenvalue weighted by Gasteiger charge is -2.06. The average molecular weight is 392 g/mol. The van der Waals surface area contributed by atoms with Gasteiger partial charge in [0.2, 0.25) is 5.91 Å². The van der Waals surface area contributed by atoms with Crippen molar-refractivity contribution in [3.8, 4) is 0 Å². The molecule has 1 aromatic carbocycles. The van der Waals surface area contributed by atoms with Crippen molar-refractivity contribution in [1.29, 1.82) is 0 Å². The maximum Gasteiger partial charge on any atom is 0.272 e. The van der Waals surface area contributed by atoms with Gasteiger partial charge in [-0.3, -0.25) is 14.7 Å². The fourth-order valence-electron chi connectivity index (χ4n) is 2.30. The number of hydrogen-bond donors (Lipinski definition) is 4. The van der Waals surface area contributed by atoms with Gasteiger partial charge < -0.3 is 16.0 Å². The van der Waals surface area contributed by atoms with Gasteiger partial charge in [-0.25, -0.2) is 14.4 Å². The summed E-state index contributed by atoms with van der Waals surface area (Å²) in [6, 6.07) is 4.18. The lowest BCUT2D eigenvalue weighted by molar-refractivity contribution is -0.118. The molecule has 3 rings (SSSR count). The summed E-state index contributed by atoms with van der Waals surface area (Å²) in [5.41, 5.74) is 1.43. The zero-order chi connectivity index (χ0) is 19.4. The van der Waals surface area contributed by atoms with E-state index in [0.717, 1.165) is 0 Å². The molecule has 0 aliphatic carbocycles. The Morgan fingerprint density at radius 1 is 1.30 bits per heavy atom. The molecule has 11 heteroatoms. The number of amides is 2. The minimum absolute atomic E-state index is 0.00725. The molecule has 140 valence electrons. The van der Waals surface area contributed by atoms with Crippen molar-refractivity contribution in [3.63, 3.8) is 0 Å². The van der Waals surface area contributed by atoms with E-state index in [0.29, 0.717) is 22.4 Å². The number of benzene rings is 1. The Bertz CT molecular complexity index is 1010. The second-order valence-corrected chi connectivity index (χ2v) is 5.88. The molecule has 0 unspecified atom stereocenters. The van der Waals surface area contributed by atoms with Gasteiger partial charge in [-0.15, -0.1) is 0 Å². The van der Waals surface area contributed by atoms with Gasteiger partial charge in [0.05, 0.1) is 11.6 Å². The highest BCUT2D eigenvalue weighted by Gasteiger charge is 2.17. The largest absolute Gasteiger partial charge is 0.358 e. The number of carbonyl (C=O) groups excluding carboxylic acids is 2. The molecule has 9 nitrogen and oxygen atoms in total. The van der Waals surface area contributed by atoms with E-state index in [-0.39, 0.29) is 29.7 Å². The Balaban J connectivity index is 1.75. The molecule has 4 N–H and O–H groups in total. The van der Waals surface area contributed by atoms with Crippen LogP contribution in [0.25, 0.3) is 11.0 Å². The highest BCUT2D eigenvalue weighted by molar-refractivity contribution is 6.30. The summed E-state index contributed by atoms with van der Waals surface area (Å²) in [7, 11) is 1.52. The second-order valence-electron chi connectivity index (χ2n) is 5.48. The van der Waals surface area contributed by atoms with E-state index in [1.165, 1.54) is 31.6 Å². The first-order valence-corrected chi connectivity index (χ1v) is 8.23. The summed E-state index contributed by atoms with van der Waals surface area (Å²) in [5, 5.41) is 14.7. The van der Waals surface area contributed by atoms with Gasteiger partial charge in [0.25, 0.3) is 5.91 Å². The third kappa shape index (κ3) is 4.11. The van der Waals surface area contributed by atoms with Crippen LogP contribution in [0.3, 0.4) is 0 Å². The number of carbonyl (C=O) groups is 2. The number of aromatic amines is 1. The minimum atomic E-state index is -0.529. The smallest absolute Gasteiger partial charge is 0.272 e. The quantitative estimate of drug-likeness (QED) is 0.501. The number of aromatic nitrogens is 4. The van der Waals surface area contributed by atoms with Crippen molar-refractivity contribution in [2.24, 2.45) is 0 Å². The molecule has 0 saturated carbocycles. The molecule has 0 aliphatic rings. The number of anilines is 1. The van der Waals surface area contributed by atoms with Crippen molar-refractivity contribution in [3.05, 3.63) is 46.6 Å². The van der Waals surface area contributed by atoms with Crippen LogP contribution in [0.4, 0.5) is 10.2 Å². The number of nitrogens with one attached hydrogen (secondary N) is 4. The maximum atomic E-state index is 13.2. The first-order valence-electron chi connectivity index (χ1n) is 7.85. The standard InChI is InChI=1S/C16H15ClFN7O2/c1-19-11(26)6-20-15-13-12(24-25-15)14(23-7-22-13)16(27)21-5-8-2-3-10(18)9(17)4-8/h2-4,7H,5-6H2,1H3,(H,19,26)(H,21,27)(H2,20,24,25). The van der Waals surface area contributed by atoms with Crippen LogP contribution >= 0.6 is 11.6 Å². The van der Waals surface area contributed by atoms with Crippen LogP contribution in [0.1, 0.15) is 16.1 Å². The van der Waals surface area contributed by atoms with Gasteiger partial charge in [-0.1, -0.05) is 17.7 Å². The Kier molecular flexibility index (Phi) is 5.46. The van der Waals surface area contributed by atoms with Crippen molar-refractivity contribution in [1.82, 2.24) is 30.8 Å². The Morgan fingerprint density at radius 2 is 2.11 bits per heavy atom. The zero-order valence-electron chi connectivity index (χ0n) is 14.1. The molecule has 27 heavy (non-hydrogen) atoms. The van der Waals surface area contributed by atoms with E-state index in [9.17, 15) is 14.0 Å². The van der Waals surface area contributed by atoms with Gasteiger partial charge in [0.15, 0.2) is 11.5 Å². The Labute approximate surface area is 157 Å². The average Bonchev–Trinajstić information content (AvgIpc) is 3.09. The fraction of sp³-hybridized carbons (Fsp3) is 0.188. The number of fused-ring (bicyclic) bond motifs is 1. The lowest BCUT2D eigenvalue weighted by atomic mass is 10.2. The summed E-state index contributed by atoms with van der Waals surface area (Å²) in [6.07, 6.45) is 1.23. The molecule has 0 aliphatic heterocycles. The number of halogens is 2. The van der Waals surface area contributed by atoms with Crippen LogP contribution in [0, 0.1) is 5.82 Å². The van der Waals surface area contributed by atoms with Crippen LogP contribution in [-0.2, 0) is 11.3 Å². The van der Waals surface area contributed by atoms with Crippen LogP contribution in [0.2, 0.25) is 5.02 Å². The van der Waals surface area contributed by atoms with Gasteiger partial charge in [0, 0.05) is 13.6 Å². The van der Waals surface area contributed by atoms with Crippen molar-refractivity contribution in [2.75, 3.05) is 18.9 Å². The van der Waals surface area contributed by atoms with E-state index in [4.69, 9.17) is 11.6 Å². The molecule has 0 spiro atoms. The number of likely N-dealkylation sites (N-methyl/N-ethyl adjacent to an activating group) is 1. The van der Waals surface area contributed by atoms with Gasteiger partial charge in [0.1, 0.15) is 23.2 Å². The van der Waals surface area contributed by atoms with Crippen molar-refractivity contribution in [2.45, 2.75) is 6.54 Å². The monoisotopic (exact) mass is 391 g/mol. The number of hydrogen-bond acceptors (Lipinski definition) is 6. The zero-order valence-corrected chi connectivity index (χ0v) is 14.9. The summed E-state index contributed by atoms with van der Waals surface area (Å²) in [6.45, 7) is 0.146. The normalized spacial score (nSPS) is 10.6. The molecular weight excluding hydrogens is 377 g/mol. The highest BCUT2D eigenvalue weighted by atomic mass is 35.5. The molecule has 2 heterocycles. The predicted molar refractivity (Wildman–Crippen MR) is 96.8 cm³/mol. The summed E-state index contributed by atoms with van der Waals surface area (Å²) < 4.78 is 13.2. The predicted octanol–water partition coefficient (Wildman–Crippen LogP) is 1.23. The van der Waals surface area contributed by atoms with E-state index < -0.39 is 11.7 Å². The first-order chi connectivity index (χ1) is 13.0. The van der Waals surface area contributed by atoms with Crippen LogP contribution < -0.4 is 16.0 Å². The fourth-order valence-corrected chi connectivity index (χ4v) is 2.50. The van der Waals surface area contributed by atoms with Crippen LogP contribution in [0.15, 0.2) is 24.5 Å². The molecule has 0 fully saturated rings. The molecule has 2 aromatic heterocycles. The van der Waals surface area contributed by atoms with Crippen molar-refractivity contribution < 1.29 is 14.0 Å². The topological polar surface area (TPSA) is 125 Å². The summed E-state index contributed by atoms with van der Waals surface area (Å²) in [4.78, 5) is 31.9. The van der Waals surface area contributed by atoms with E-state index in [1.807, 2.05) is 0 Å². The highest BCUT2D eigenvalue weighted by Crippen LogP contribution is 2.20. The lowest BCUT2D eigenvalue weighted by Crippen LogP contribution is -2.26. The van der Waals surface area contributed by atoms with E-state index in [1.54, 1.807) is 0 Å². The molecule has 0 saturated heterocycles. The Hall–Kier alpha value is -3.27. The maximum absolute atomic E-state index is 13.2. The Morgan fingerprint density at radius 3 is 2.85 bits per heavy atom. The molecule has 0 radical (unpaired) electrons. The molecular formula is C16H15ClFN7O2. The summed E-state index contributed by atoms with van der Waals surface area (Å²) >= 11 is 5.73. The molecule has 0 atom stereocenters. The summed E-state index contributed by atoms with van der Waals surface area (Å²) in [5.74, 6) is -0.894. The van der Waals surface area contributed by atoms with Gasteiger partial charge in [-0.05, 0) is 17.7 Å². The molecule has 2 amide bonds.